The quantitative estimate of drug-likeness (QED) is 0.669. The third-order valence-electron chi connectivity index (χ3n) is 3.69. The zero-order chi connectivity index (χ0) is 17.9. The summed E-state index contributed by atoms with van der Waals surface area (Å²) in [5, 5.41) is 6.94. The second-order valence-electron chi connectivity index (χ2n) is 5.45. The summed E-state index contributed by atoms with van der Waals surface area (Å²) in [7, 11) is 1.78. The number of carbonyl (C=O) groups excluding carboxylic acids is 3. The number of nitrogens with zero attached hydrogens (tertiary/aromatic N) is 2. The molecule has 126 valence electrons. The van der Waals surface area contributed by atoms with Gasteiger partial charge in [0.2, 0.25) is 0 Å². The Hall–Kier alpha value is -2.96. The molecule has 1 atom stereocenters. The number of esters is 1. The van der Waals surface area contributed by atoms with Gasteiger partial charge in [-0.3, -0.25) is 14.3 Å². The fraction of sp³-hybridized carbons (Fsp3) is 0.294. The minimum absolute atomic E-state index is 0.272. The van der Waals surface area contributed by atoms with Crippen LogP contribution in [0.4, 0.5) is 5.69 Å². The Kier molecular flexibility index (Phi) is 5.13. The fourth-order valence-electron chi connectivity index (χ4n) is 2.16. The van der Waals surface area contributed by atoms with Crippen molar-refractivity contribution in [2.45, 2.75) is 26.9 Å². The second-order valence-corrected chi connectivity index (χ2v) is 5.45. The molecule has 1 heterocycles. The summed E-state index contributed by atoms with van der Waals surface area (Å²) in [6, 6.07) is 5.98. The molecule has 1 N–H and O–H groups in total. The van der Waals surface area contributed by atoms with E-state index in [9.17, 15) is 14.4 Å². The number of aryl methyl sites for hydroxylation is 2. The highest BCUT2D eigenvalue weighted by molar-refractivity contribution is 5.98. The number of aromatic nitrogens is 2. The molecular weight excluding hydrogens is 310 g/mol. The number of anilines is 1. The Labute approximate surface area is 139 Å². The van der Waals surface area contributed by atoms with Crippen molar-refractivity contribution in [2.24, 2.45) is 7.05 Å². The van der Waals surface area contributed by atoms with Crippen molar-refractivity contribution >= 4 is 23.9 Å². The lowest BCUT2D eigenvalue weighted by atomic mass is 10.1. The van der Waals surface area contributed by atoms with Crippen LogP contribution in [-0.2, 0) is 16.6 Å². The van der Waals surface area contributed by atoms with Crippen LogP contribution in [0, 0.1) is 13.8 Å². The molecule has 7 heteroatoms. The molecule has 0 bridgehead atoms. The largest absolute Gasteiger partial charge is 0.449 e. The van der Waals surface area contributed by atoms with Gasteiger partial charge in [-0.2, -0.15) is 5.10 Å². The summed E-state index contributed by atoms with van der Waals surface area (Å²) in [4.78, 5) is 34.9. The average Bonchev–Trinajstić information content (AvgIpc) is 2.81. The van der Waals surface area contributed by atoms with E-state index in [1.165, 1.54) is 31.2 Å². The first kappa shape index (κ1) is 17.4. The number of rotatable bonds is 5. The maximum atomic E-state index is 12.2. The predicted octanol–water partition coefficient (Wildman–Crippen LogP) is 2.03. The molecule has 0 saturated heterocycles. The van der Waals surface area contributed by atoms with Gasteiger partial charge in [0, 0.05) is 12.6 Å². The van der Waals surface area contributed by atoms with E-state index in [1.54, 1.807) is 18.7 Å². The summed E-state index contributed by atoms with van der Waals surface area (Å²) < 4.78 is 6.83. The van der Waals surface area contributed by atoms with Gasteiger partial charge in [0.05, 0.1) is 22.6 Å². The summed E-state index contributed by atoms with van der Waals surface area (Å²) in [6.45, 7) is 5.11. The molecule has 0 spiro atoms. The normalized spacial score (nSPS) is 11.7. The van der Waals surface area contributed by atoms with Crippen LogP contribution < -0.4 is 5.32 Å². The maximum Gasteiger partial charge on any atom is 0.338 e. The highest BCUT2D eigenvalue weighted by Gasteiger charge is 2.21. The fourth-order valence-corrected chi connectivity index (χ4v) is 2.16. The lowest BCUT2D eigenvalue weighted by Gasteiger charge is -2.14. The SMILES string of the molecule is Cc1nn(C)c(C)c1NC(=O)[C@@H](C)OC(=O)c1ccc(C=O)cc1. The van der Waals surface area contributed by atoms with Crippen molar-refractivity contribution in [1.29, 1.82) is 0 Å². The van der Waals surface area contributed by atoms with Crippen molar-refractivity contribution in [3.05, 3.63) is 46.8 Å². The van der Waals surface area contributed by atoms with Crippen molar-refractivity contribution in [2.75, 3.05) is 5.32 Å². The molecule has 1 aromatic heterocycles. The van der Waals surface area contributed by atoms with Crippen LogP contribution in [0.3, 0.4) is 0 Å². The van der Waals surface area contributed by atoms with Gasteiger partial charge >= 0.3 is 5.97 Å². The molecule has 0 aliphatic carbocycles. The van der Waals surface area contributed by atoms with Crippen LogP contribution in [-0.4, -0.2) is 34.0 Å². The highest BCUT2D eigenvalue weighted by atomic mass is 16.5. The first-order valence-corrected chi connectivity index (χ1v) is 7.40. The monoisotopic (exact) mass is 329 g/mol. The highest BCUT2D eigenvalue weighted by Crippen LogP contribution is 2.19. The van der Waals surface area contributed by atoms with Gasteiger partial charge < -0.3 is 10.1 Å². The van der Waals surface area contributed by atoms with Crippen molar-refractivity contribution < 1.29 is 19.1 Å². The van der Waals surface area contributed by atoms with Crippen molar-refractivity contribution in [3.8, 4) is 0 Å². The van der Waals surface area contributed by atoms with Gasteiger partial charge in [0.25, 0.3) is 5.91 Å². The third kappa shape index (κ3) is 3.68. The number of hydrogen-bond donors (Lipinski definition) is 1. The topological polar surface area (TPSA) is 90.3 Å². The Bertz CT molecular complexity index is 778. The summed E-state index contributed by atoms with van der Waals surface area (Å²) in [5.41, 5.74) is 2.84. The van der Waals surface area contributed by atoms with Gasteiger partial charge in [-0.25, -0.2) is 4.79 Å². The number of carbonyl (C=O) groups is 3. The van der Waals surface area contributed by atoms with E-state index < -0.39 is 18.0 Å². The van der Waals surface area contributed by atoms with Gasteiger partial charge in [0.1, 0.15) is 6.29 Å². The number of ether oxygens (including phenoxy) is 1. The molecule has 0 unspecified atom stereocenters. The molecule has 0 aliphatic heterocycles. The first-order valence-electron chi connectivity index (χ1n) is 7.40. The van der Waals surface area contributed by atoms with Crippen molar-refractivity contribution in [1.82, 2.24) is 9.78 Å². The molecule has 2 rings (SSSR count). The van der Waals surface area contributed by atoms with Crippen LogP contribution in [0.2, 0.25) is 0 Å². The lowest BCUT2D eigenvalue weighted by molar-refractivity contribution is -0.123. The minimum atomic E-state index is -0.970. The molecule has 0 fully saturated rings. The number of amides is 1. The third-order valence-corrected chi connectivity index (χ3v) is 3.69. The molecule has 0 saturated carbocycles. The molecular formula is C17H19N3O4. The zero-order valence-corrected chi connectivity index (χ0v) is 14.0. The second kappa shape index (κ2) is 7.08. The molecule has 7 nitrogen and oxygen atoms in total. The Morgan fingerprint density at radius 2 is 1.88 bits per heavy atom. The molecule has 2 aromatic rings. The maximum absolute atomic E-state index is 12.2. The minimum Gasteiger partial charge on any atom is -0.449 e. The number of aldehydes is 1. The van der Waals surface area contributed by atoms with Crippen molar-refractivity contribution in [3.63, 3.8) is 0 Å². The van der Waals surface area contributed by atoms with E-state index >= 15 is 0 Å². The van der Waals surface area contributed by atoms with Crippen LogP contribution >= 0.6 is 0 Å². The first-order chi connectivity index (χ1) is 11.3. The zero-order valence-electron chi connectivity index (χ0n) is 14.0. The van der Waals surface area contributed by atoms with Crippen LogP contribution in [0.5, 0.6) is 0 Å². The lowest BCUT2D eigenvalue weighted by Crippen LogP contribution is -2.30. The Balaban J connectivity index is 2.02. The molecule has 1 aromatic carbocycles. The standard InChI is InChI=1S/C17H19N3O4/c1-10-15(11(2)20(4)19-10)18-16(22)12(3)24-17(23)14-7-5-13(9-21)6-8-14/h5-9,12H,1-4H3,(H,18,22)/t12-/m1/s1. The van der Waals surface area contributed by atoms with E-state index in [1.807, 2.05) is 6.92 Å². The predicted molar refractivity (Wildman–Crippen MR) is 88.0 cm³/mol. The summed E-state index contributed by atoms with van der Waals surface area (Å²) in [5.74, 6) is -1.07. The number of nitrogens with one attached hydrogen (secondary N) is 1. The van der Waals surface area contributed by atoms with Gasteiger partial charge in [-0.1, -0.05) is 12.1 Å². The number of hydrogen-bond acceptors (Lipinski definition) is 5. The number of benzene rings is 1. The Morgan fingerprint density at radius 3 is 2.38 bits per heavy atom. The Morgan fingerprint density at radius 1 is 1.25 bits per heavy atom. The van der Waals surface area contributed by atoms with Crippen LogP contribution in [0.25, 0.3) is 0 Å². The summed E-state index contributed by atoms with van der Waals surface area (Å²) in [6.07, 6.45) is -0.286. The van der Waals surface area contributed by atoms with Crippen LogP contribution in [0.15, 0.2) is 24.3 Å². The van der Waals surface area contributed by atoms with E-state index in [-0.39, 0.29) is 5.56 Å². The van der Waals surface area contributed by atoms with Gasteiger partial charge in [0.15, 0.2) is 6.10 Å². The van der Waals surface area contributed by atoms with E-state index in [2.05, 4.69) is 10.4 Å². The molecule has 0 radical (unpaired) electrons. The smallest absolute Gasteiger partial charge is 0.338 e. The van der Waals surface area contributed by atoms with Gasteiger partial charge in [-0.05, 0) is 32.9 Å². The summed E-state index contributed by atoms with van der Waals surface area (Å²) >= 11 is 0. The molecule has 1 amide bonds. The van der Waals surface area contributed by atoms with Crippen LogP contribution in [0.1, 0.15) is 39.0 Å². The van der Waals surface area contributed by atoms with Gasteiger partial charge in [-0.15, -0.1) is 0 Å². The van der Waals surface area contributed by atoms with E-state index in [4.69, 9.17) is 4.74 Å². The average molecular weight is 329 g/mol. The van der Waals surface area contributed by atoms with E-state index in [0.717, 1.165) is 5.69 Å². The molecule has 24 heavy (non-hydrogen) atoms. The molecule has 0 aliphatic rings. The van der Waals surface area contributed by atoms with E-state index in [0.29, 0.717) is 23.2 Å².